The molecule has 0 aliphatic rings. The molecule has 0 fully saturated rings. The van der Waals surface area contributed by atoms with E-state index < -0.39 is 10.8 Å². The highest BCUT2D eigenvalue weighted by atomic mass is 32.2. The van der Waals surface area contributed by atoms with Crippen LogP contribution in [0.1, 0.15) is 39.4 Å². The van der Waals surface area contributed by atoms with Crippen LogP contribution < -0.4 is 0 Å². The highest BCUT2D eigenvalue weighted by molar-refractivity contribution is 7.84. The molecular formula is C9H17N3OS. The van der Waals surface area contributed by atoms with E-state index in [1.165, 1.54) is 0 Å². The molecule has 0 saturated carbocycles. The maximum absolute atomic E-state index is 11.5. The van der Waals surface area contributed by atoms with Crippen LogP contribution in [-0.4, -0.2) is 24.5 Å². The molecule has 0 bridgehead atoms. The molecule has 0 aromatic carbocycles. The van der Waals surface area contributed by atoms with Crippen LogP contribution in [-0.2, 0) is 16.6 Å². The van der Waals surface area contributed by atoms with Crippen LogP contribution in [0.2, 0.25) is 0 Å². The average molecular weight is 215 g/mol. The number of nitrogens with zero attached hydrogens (tertiary/aromatic N) is 3. The fourth-order valence-corrected chi connectivity index (χ4v) is 1.70. The molecule has 0 saturated heterocycles. The normalized spacial score (nSPS) is 13.9. The van der Waals surface area contributed by atoms with Crippen molar-refractivity contribution in [1.82, 2.24) is 15.0 Å². The van der Waals surface area contributed by atoms with Gasteiger partial charge in [-0.1, -0.05) is 19.1 Å². The Bertz CT molecular complexity index is 320. The van der Waals surface area contributed by atoms with Gasteiger partial charge in [-0.05, 0) is 13.8 Å². The summed E-state index contributed by atoms with van der Waals surface area (Å²) in [4.78, 5) is 0. The van der Waals surface area contributed by atoms with Gasteiger partial charge in [-0.2, -0.15) is 0 Å². The smallest absolute Gasteiger partial charge is 0.0952 e. The van der Waals surface area contributed by atoms with E-state index in [1.807, 2.05) is 33.9 Å². The second-order valence-corrected chi connectivity index (χ2v) is 5.85. The molecule has 5 heteroatoms. The average Bonchev–Trinajstić information content (AvgIpc) is 2.52. The summed E-state index contributed by atoms with van der Waals surface area (Å²) >= 11 is 0. The zero-order chi connectivity index (χ0) is 10.7. The lowest BCUT2D eigenvalue weighted by molar-refractivity contribution is 0.514. The van der Waals surface area contributed by atoms with E-state index in [2.05, 4.69) is 10.3 Å². The maximum Gasteiger partial charge on any atom is 0.0952 e. The van der Waals surface area contributed by atoms with Gasteiger partial charge < -0.3 is 0 Å². The van der Waals surface area contributed by atoms with E-state index in [9.17, 15) is 4.21 Å². The summed E-state index contributed by atoms with van der Waals surface area (Å²) in [5.41, 5.74) is 0.811. The van der Waals surface area contributed by atoms with Crippen LogP contribution >= 0.6 is 0 Å². The molecule has 1 aromatic rings. The number of hydrogen-bond acceptors (Lipinski definition) is 3. The second kappa shape index (κ2) is 4.68. The number of rotatable bonds is 4. The van der Waals surface area contributed by atoms with Crippen molar-refractivity contribution in [2.45, 2.75) is 44.7 Å². The molecule has 0 aliphatic carbocycles. The van der Waals surface area contributed by atoms with Crippen molar-refractivity contribution in [3.8, 4) is 0 Å². The molecule has 0 spiro atoms. The molecule has 14 heavy (non-hydrogen) atoms. The molecule has 4 nitrogen and oxygen atoms in total. The summed E-state index contributed by atoms with van der Waals surface area (Å²) < 4.78 is 13.3. The van der Waals surface area contributed by atoms with Crippen LogP contribution in [0.5, 0.6) is 0 Å². The van der Waals surface area contributed by atoms with Crippen molar-refractivity contribution in [3.63, 3.8) is 0 Å². The maximum atomic E-state index is 11.5. The minimum atomic E-state index is -0.838. The standard InChI is InChI=1S/C9H17N3OS/c1-7(2)12-5-9(10-11-12)6-14(13)8(3)4/h5,7-8H,6H2,1-4H3. The van der Waals surface area contributed by atoms with Crippen molar-refractivity contribution >= 4 is 10.8 Å². The SMILES string of the molecule is CC(C)n1cc(CS(=O)C(C)C)nn1. The van der Waals surface area contributed by atoms with Gasteiger partial charge in [-0.15, -0.1) is 5.10 Å². The van der Waals surface area contributed by atoms with E-state index in [-0.39, 0.29) is 5.25 Å². The van der Waals surface area contributed by atoms with Crippen molar-refractivity contribution in [3.05, 3.63) is 11.9 Å². The Morgan fingerprint density at radius 1 is 1.43 bits per heavy atom. The molecule has 1 aromatic heterocycles. The summed E-state index contributed by atoms with van der Waals surface area (Å²) in [5.74, 6) is 0.504. The van der Waals surface area contributed by atoms with E-state index in [1.54, 1.807) is 4.68 Å². The molecular weight excluding hydrogens is 198 g/mol. The third kappa shape index (κ3) is 2.90. The molecule has 0 N–H and O–H groups in total. The van der Waals surface area contributed by atoms with Crippen molar-refractivity contribution in [2.75, 3.05) is 0 Å². The summed E-state index contributed by atoms with van der Waals surface area (Å²) in [6.45, 7) is 7.97. The summed E-state index contributed by atoms with van der Waals surface area (Å²) in [5, 5.41) is 8.12. The predicted octanol–water partition coefficient (Wildman–Crippen LogP) is 1.52. The molecule has 0 amide bonds. The molecule has 80 valence electrons. The first kappa shape index (κ1) is 11.4. The van der Waals surface area contributed by atoms with Crippen molar-refractivity contribution in [2.24, 2.45) is 0 Å². The lowest BCUT2D eigenvalue weighted by atomic mass is 10.4. The first-order valence-corrected chi connectivity index (χ1v) is 6.16. The van der Waals surface area contributed by atoms with Crippen molar-refractivity contribution in [1.29, 1.82) is 0 Å². The predicted molar refractivity (Wildman–Crippen MR) is 57.4 cm³/mol. The number of hydrogen-bond donors (Lipinski definition) is 0. The van der Waals surface area contributed by atoms with Gasteiger partial charge in [0.15, 0.2) is 0 Å². The Hall–Kier alpha value is -0.710. The Morgan fingerprint density at radius 2 is 2.07 bits per heavy atom. The second-order valence-electron chi connectivity index (χ2n) is 3.86. The fourth-order valence-electron chi connectivity index (χ4n) is 0.944. The molecule has 1 unspecified atom stereocenters. The summed E-state index contributed by atoms with van der Waals surface area (Å²) in [6, 6.07) is 0.309. The zero-order valence-electron chi connectivity index (χ0n) is 9.10. The molecule has 1 atom stereocenters. The van der Waals surface area contributed by atoms with Gasteiger partial charge in [0.05, 0.1) is 11.4 Å². The van der Waals surface area contributed by atoms with E-state index in [4.69, 9.17) is 0 Å². The van der Waals surface area contributed by atoms with Crippen LogP contribution in [0.4, 0.5) is 0 Å². The Kier molecular flexibility index (Phi) is 3.80. The minimum absolute atomic E-state index is 0.180. The Morgan fingerprint density at radius 3 is 2.50 bits per heavy atom. The molecule has 0 radical (unpaired) electrons. The van der Waals surface area contributed by atoms with Gasteiger partial charge in [0.2, 0.25) is 0 Å². The molecule has 1 heterocycles. The van der Waals surface area contributed by atoms with Crippen LogP contribution in [0.3, 0.4) is 0 Å². The topological polar surface area (TPSA) is 47.8 Å². The van der Waals surface area contributed by atoms with Gasteiger partial charge in [-0.25, -0.2) is 4.68 Å². The van der Waals surface area contributed by atoms with Gasteiger partial charge in [0, 0.05) is 28.3 Å². The zero-order valence-corrected chi connectivity index (χ0v) is 9.91. The summed E-state index contributed by atoms with van der Waals surface area (Å²) in [6.07, 6.45) is 1.87. The fraction of sp³-hybridized carbons (Fsp3) is 0.778. The van der Waals surface area contributed by atoms with Gasteiger partial charge >= 0.3 is 0 Å². The van der Waals surface area contributed by atoms with E-state index in [0.717, 1.165) is 5.69 Å². The Balaban J connectivity index is 2.64. The van der Waals surface area contributed by atoms with Crippen LogP contribution in [0.15, 0.2) is 6.20 Å². The first-order chi connectivity index (χ1) is 6.50. The van der Waals surface area contributed by atoms with E-state index in [0.29, 0.717) is 11.8 Å². The van der Waals surface area contributed by atoms with E-state index >= 15 is 0 Å². The molecule has 1 rings (SSSR count). The van der Waals surface area contributed by atoms with Crippen molar-refractivity contribution < 1.29 is 4.21 Å². The van der Waals surface area contributed by atoms with Gasteiger partial charge in [0.25, 0.3) is 0 Å². The van der Waals surface area contributed by atoms with Gasteiger partial charge in [0.1, 0.15) is 0 Å². The Labute approximate surface area is 87.2 Å². The quantitative estimate of drug-likeness (QED) is 0.765. The first-order valence-electron chi connectivity index (χ1n) is 4.78. The third-order valence-electron chi connectivity index (χ3n) is 1.90. The highest BCUT2D eigenvalue weighted by Gasteiger charge is 2.10. The lowest BCUT2D eigenvalue weighted by Crippen LogP contribution is -2.08. The minimum Gasteiger partial charge on any atom is -0.259 e. The largest absolute Gasteiger partial charge is 0.259 e. The van der Waals surface area contributed by atoms with Crippen LogP contribution in [0.25, 0.3) is 0 Å². The highest BCUT2D eigenvalue weighted by Crippen LogP contribution is 2.06. The monoisotopic (exact) mass is 215 g/mol. The summed E-state index contributed by atoms with van der Waals surface area (Å²) in [7, 11) is -0.838. The third-order valence-corrected chi connectivity index (χ3v) is 3.53. The van der Waals surface area contributed by atoms with Gasteiger partial charge in [-0.3, -0.25) is 4.21 Å². The lowest BCUT2D eigenvalue weighted by Gasteiger charge is -2.02. The van der Waals surface area contributed by atoms with Crippen LogP contribution in [0, 0.1) is 0 Å². The number of aromatic nitrogens is 3. The molecule has 0 aliphatic heterocycles.